The minimum absolute atomic E-state index is 0.152. The maximum absolute atomic E-state index is 13.3. The van der Waals surface area contributed by atoms with Crippen LogP contribution in [0.1, 0.15) is 50.7 Å². The number of rotatable bonds is 7. The second-order valence-electron chi connectivity index (χ2n) is 8.29. The van der Waals surface area contributed by atoms with Crippen molar-refractivity contribution in [2.75, 3.05) is 13.2 Å². The van der Waals surface area contributed by atoms with Crippen molar-refractivity contribution < 1.29 is 13.9 Å². The molecule has 0 radical (unpaired) electrons. The Morgan fingerprint density at radius 3 is 2.75 bits per heavy atom. The van der Waals surface area contributed by atoms with E-state index in [1.165, 1.54) is 12.1 Å². The van der Waals surface area contributed by atoms with Crippen LogP contribution >= 0.6 is 11.6 Å². The summed E-state index contributed by atoms with van der Waals surface area (Å²) in [6.45, 7) is 7.03. The number of ether oxygens (including phenoxy) is 2. The highest BCUT2D eigenvalue weighted by atomic mass is 35.5. The number of nitrogens with one attached hydrogen (secondary N) is 1. The zero-order valence-corrected chi connectivity index (χ0v) is 19.1. The van der Waals surface area contributed by atoms with Gasteiger partial charge in [-0.25, -0.2) is 14.4 Å². The lowest BCUT2D eigenvalue weighted by Gasteiger charge is -2.32. The monoisotopic (exact) mass is 460 g/mol. The predicted molar refractivity (Wildman–Crippen MR) is 120 cm³/mol. The Labute approximate surface area is 190 Å². The number of halogens is 2. The van der Waals surface area contributed by atoms with Crippen LogP contribution in [-0.4, -0.2) is 32.7 Å². The van der Waals surface area contributed by atoms with Gasteiger partial charge in [-0.3, -0.25) is 9.36 Å². The minimum atomic E-state index is -0.735. The number of H-pyrrole nitrogens is 1. The third-order valence-corrected chi connectivity index (χ3v) is 5.75. The molecule has 2 aromatic heterocycles. The normalized spacial score (nSPS) is 14.9. The largest absolute Gasteiger partial charge is 0.486 e. The van der Waals surface area contributed by atoms with Gasteiger partial charge in [0.25, 0.3) is 5.56 Å². The molecule has 9 heteroatoms. The topological polar surface area (TPSA) is 82.0 Å². The minimum Gasteiger partial charge on any atom is -0.486 e. The molecule has 0 fully saturated rings. The first-order valence-electron chi connectivity index (χ1n) is 10.7. The summed E-state index contributed by atoms with van der Waals surface area (Å²) in [5.41, 5.74) is 0.827. The first-order valence-corrected chi connectivity index (χ1v) is 11.1. The molecule has 3 heterocycles. The number of hydrogen-bond donors (Lipinski definition) is 1. The van der Waals surface area contributed by atoms with Gasteiger partial charge in [-0.05, 0) is 38.0 Å². The van der Waals surface area contributed by atoms with Crippen LogP contribution in [0.5, 0.6) is 5.75 Å². The fraction of sp³-hybridized carbons (Fsp3) is 0.435. The molecule has 1 aliphatic rings. The fourth-order valence-corrected chi connectivity index (χ4v) is 3.89. The molecular weight excluding hydrogens is 435 g/mol. The second-order valence-corrected chi connectivity index (χ2v) is 8.65. The molecule has 170 valence electrons. The van der Waals surface area contributed by atoms with Crippen LogP contribution in [-0.2, 0) is 23.3 Å². The van der Waals surface area contributed by atoms with Crippen LogP contribution in [0.25, 0.3) is 11.5 Å². The van der Waals surface area contributed by atoms with Gasteiger partial charge in [0.2, 0.25) is 5.75 Å². The van der Waals surface area contributed by atoms with Crippen molar-refractivity contribution in [3.8, 4) is 17.3 Å². The molecule has 1 aliphatic heterocycles. The van der Waals surface area contributed by atoms with Gasteiger partial charge in [0.15, 0.2) is 16.7 Å². The summed E-state index contributed by atoms with van der Waals surface area (Å²) in [6.07, 6.45) is 2.17. The summed E-state index contributed by atoms with van der Waals surface area (Å²) < 4.78 is 26.6. The highest BCUT2D eigenvalue weighted by molar-refractivity contribution is 6.30. The van der Waals surface area contributed by atoms with E-state index >= 15 is 0 Å². The third kappa shape index (κ3) is 4.42. The Hall–Kier alpha value is -2.71. The smallest absolute Gasteiger partial charge is 0.296 e. The van der Waals surface area contributed by atoms with Crippen molar-refractivity contribution in [3.05, 3.63) is 62.7 Å². The van der Waals surface area contributed by atoms with E-state index in [-0.39, 0.29) is 22.3 Å². The van der Waals surface area contributed by atoms with Crippen molar-refractivity contribution in [2.45, 2.75) is 52.2 Å². The first kappa shape index (κ1) is 22.5. The maximum atomic E-state index is 13.3. The summed E-state index contributed by atoms with van der Waals surface area (Å²) in [4.78, 5) is 25.7. The van der Waals surface area contributed by atoms with E-state index in [9.17, 15) is 9.18 Å². The average Bonchev–Trinajstić information content (AvgIpc) is 3.11. The highest BCUT2D eigenvalue weighted by Gasteiger charge is 2.34. The number of benzene rings is 1. The van der Waals surface area contributed by atoms with E-state index in [1.807, 2.05) is 13.8 Å². The van der Waals surface area contributed by atoms with Crippen LogP contribution in [0.4, 0.5) is 4.39 Å². The Balaban J connectivity index is 1.78. The SMILES string of the molecule is CCCCOc1c(-c2nc(Cl)c(Cc3ccc(F)cc3)[nH]2)nc2n(c1=O)CCOC2(C)C. The van der Waals surface area contributed by atoms with Crippen LogP contribution in [0.3, 0.4) is 0 Å². The summed E-state index contributed by atoms with van der Waals surface area (Å²) in [5.74, 6) is 0.709. The van der Waals surface area contributed by atoms with Crippen molar-refractivity contribution in [1.82, 2.24) is 19.5 Å². The first-order chi connectivity index (χ1) is 15.3. The fourth-order valence-electron chi connectivity index (χ4n) is 3.69. The molecule has 0 bridgehead atoms. The number of nitrogens with zero attached hydrogens (tertiary/aromatic N) is 3. The summed E-state index contributed by atoms with van der Waals surface area (Å²) in [5, 5.41) is 0.263. The quantitative estimate of drug-likeness (QED) is 0.526. The van der Waals surface area contributed by atoms with Gasteiger partial charge in [0, 0.05) is 6.42 Å². The molecule has 3 aromatic rings. The van der Waals surface area contributed by atoms with E-state index in [0.717, 1.165) is 18.4 Å². The summed E-state index contributed by atoms with van der Waals surface area (Å²) in [7, 11) is 0. The van der Waals surface area contributed by atoms with E-state index < -0.39 is 5.60 Å². The molecule has 0 unspecified atom stereocenters. The number of aromatic nitrogens is 4. The maximum Gasteiger partial charge on any atom is 0.296 e. The molecule has 4 rings (SSSR count). The van der Waals surface area contributed by atoms with Gasteiger partial charge in [0.1, 0.15) is 17.2 Å². The van der Waals surface area contributed by atoms with Gasteiger partial charge in [-0.15, -0.1) is 0 Å². The number of aromatic amines is 1. The number of imidazole rings is 1. The van der Waals surface area contributed by atoms with Crippen LogP contribution in [0, 0.1) is 5.82 Å². The van der Waals surface area contributed by atoms with E-state index in [2.05, 4.69) is 16.9 Å². The Morgan fingerprint density at radius 2 is 2.03 bits per heavy atom. The Morgan fingerprint density at radius 1 is 1.28 bits per heavy atom. The number of hydrogen-bond acceptors (Lipinski definition) is 5. The van der Waals surface area contributed by atoms with Crippen molar-refractivity contribution in [3.63, 3.8) is 0 Å². The van der Waals surface area contributed by atoms with Crippen molar-refractivity contribution in [1.29, 1.82) is 0 Å². The molecule has 0 saturated carbocycles. The molecular formula is C23H26ClFN4O3. The van der Waals surface area contributed by atoms with Gasteiger partial charge in [0.05, 0.1) is 25.5 Å². The summed E-state index contributed by atoms with van der Waals surface area (Å²) in [6, 6.07) is 6.17. The Kier molecular flexibility index (Phi) is 6.35. The van der Waals surface area contributed by atoms with Crippen LogP contribution in [0.2, 0.25) is 5.15 Å². The zero-order chi connectivity index (χ0) is 22.9. The van der Waals surface area contributed by atoms with E-state index in [4.69, 9.17) is 26.1 Å². The van der Waals surface area contributed by atoms with Gasteiger partial charge >= 0.3 is 0 Å². The number of unbranched alkanes of at least 4 members (excludes halogenated alkanes) is 1. The lowest BCUT2D eigenvalue weighted by molar-refractivity contribution is -0.0565. The standard InChI is InChI=1S/C23H26ClFN4O3/c1-4-5-11-31-18-17(27-22-23(2,3)32-12-10-29(22)21(18)30)20-26-16(19(24)28-20)13-14-6-8-15(25)9-7-14/h6-9H,4-5,10-13H2,1-3H3,(H,26,28). The van der Waals surface area contributed by atoms with Gasteiger partial charge in [-0.2, -0.15) is 0 Å². The van der Waals surface area contributed by atoms with E-state index in [1.54, 1.807) is 16.7 Å². The average molecular weight is 461 g/mol. The number of fused-ring (bicyclic) bond motifs is 1. The van der Waals surface area contributed by atoms with Gasteiger partial charge in [-0.1, -0.05) is 37.1 Å². The molecule has 0 aliphatic carbocycles. The molecule has 1 aromatic carbocycles. The lowest BCUT2D eigenvalue weighted by Crippen LogP contribution is -2.41. The Bertz CT molecular complexity index is 1170. The molecule has 0 atom stereocenters. The second kappa shape index (κ2) is 9.03. The molecule has 32 heavy (non-hydrogen) atoms. The molecule has 7 nitrogen and oxygen atoms in total. The third-order valence-electron chi connectivity index (χ3n) is 5.44. The molecule has 0 saturated heterocycles. The lowest BCUT2D eigenvalue weighted by atomic mass is 10.1. The summed E-state index contributed by atoms with van der Waals surface area (Å²) >= 11 is 6.40. The van der Waals surface area contributed by atoms with Crippen molar-refractivity contribution >= 4 is 11.6 Å². The van der Waals surface area contributed by atoms with E-state index in [0.29, 0.717) is 49.2 Å². The molecule has 0 amide bonds. The van der Waals surface area contributed by atoms with Crippen LogP contribution in [0.15, 0.2) is 29.1 Å². The van der Waals surface area contributed by atoms with Crippen LogP contribution < -0.4 is 10.3 Å². The predicted octanol–water partition coefficient (Wildman–Crippen LogP) is 4.46. The molecule has 0 spiro atoms. The molecule has 1 N–H and O–H groups in total. The van der Waals surface area contributed by atoms with Crippen molar-refractivity contribution in [2.24, 2.45) is 0 Å². The highest BCUT2D eigenvalue weighted by Crippen LogP contribution is 2.32. The zero-order valence-electron chi connectivity index (χ0n) is 18.4. The van der Waals surface area contributed by atoms with Gasteiger partial charge < -0.3 is 14.5 Å².